The first kappa shape index (κ1) is 18.0. The van der Waals surface area contributed by atoms with Crippen molar-refractivity contribution in [3.8, 4) is 6.07 Å². The van der Waals surface area contributed by atoms with Crippen LogP contribution in [0, 0.1) is 25.2 Å². The van der Waals surface area contributed by atoms with Crippen molar-refractivity contribution in [2.75, 3.05) is 0 Å². The van der Waals surface area contributed by atoms with Gasteiger partial charge in [0.05, 0.1) is 11.4 Å². The molecule has 0 amide bonds. The number of halogens is 1. The van der Waals surface area contributed by atoms with Gasteiger partial charge in [0, 0.05) is 16.5 Å². The third-order valence-electron chi connectivity index (χ3n) is 4.56. The fraction of sp³-hybridized carbons (Fsp3) is 0.250. The Morgan fingerprint density at radius 1 is 1.31 bits per heavy atom. The number of nitrogens with zero attached hydrogens (tertiary/aromatic N) is 2. The molecule has 1 aliphatic heterocycles. The van der Waals surface area contributed by atoms with E-state index in [9.17, 15) is 10.1 Å². The van der Waals surface area contributed by atoms with E-state index in [-0.39, 0.29) is 22.4 Å². The molecule has 0 bridgehead atoms. The second-order valence-corrected chi connectivity index (χ2v) is 6.83. The summed E-state index contributed by atoms with van der Waals surface area (Å²) in [5.74, 6) is -0.548. The SMILES string of the molecule is CC(=O)C1=C(C)OC(N)=C(C#N)[C@H]1c1cc2c(C)cc(C)cc2nc1Cl. The van der Waals surface area contributed by atoms with Crippen LogP contribution < -0.4 is 5.73 Å². The van der Waals surface area contributed by atoms with Gasteiger partial charge in [0.25, 0.3) is 0 Å². The minimum absolute atomic E-state index is 0.0169. The van der Waals surface area contributed by atoms with Gasteiger partial charge in [0.1, 0.15) is 22.6 Å². The van der Waals surface area contributed by atoms with Gasteiger partial charge in [-0.25, -0.2) is 4.98 Å². The highest BCUT2D eigenvalue weighted by Gasteiger charge is 2.35. The van der Waals surface area contributed by atoms with Crippen molar-refractivity contribution in [2.24, 2.45) is 5.73 Å². The van der Waals surface area contributed by atoms with E-state index in [2.05, 4.69) is 11.1 Å². The van der Waals surface area contributed by atoms with Crippen LogP contribution >= 0.6 is 11.6 Å². The topological polar surface area (TPSA) is 89.0 Å². The van der Waals surface area contributed by atoms with Crippen molar-refractivity contribution in [2.45, 2.75) is 33.6 Å². The molecule has 0 saturated heterocycles. The number of pyridine rings is 1. The van der Waals surface area contributed by atoms with Crippen LogP contribution in [0.3, 0.4) is 0 Å². The highest BCUT2D eigenvalue weighted by molar-refractivity contribution is 6.31. The number of benzene rings is 1. The molecular formula is C20H18ClN3O2. The Morgan fingerprint density at radius 2 is 2.00 bits per heavy atom. The Hall–Kier alpha value is -2.84. The number of aromatic nitrogens is 1. The number of rotatable bonds is 2. The lowest BCUT2D eigenvalue weighted by atomic mass is 9.81. The number of allylic oxidation sites excluding steroid dienone is 3. The molecule has 0 unspecified atom stereocenters. The fourth-order valence-electron chi connectivity index (χ4n) is 3.47. The van der Waals surface area contributed by atoms with Crippen LogP contribution in [0.1, 0.15) is 36.5 Å². The van der Waals surface area contributed by atoms with E-state index < -0.39 is 5.92 Å². The standard InChI is InChI=1S/C20H18ClN3O2/c1-9-5-10(2)13-7-14(19(21)24-16(13)6-9)18-15(8-22)20(23)26-12(4)17(18)11(3)25/h5-7,18H,23H2,1-4H3/t18-/m1/s1. The number of hydrogen-bond acceptors (Lipinski definition) is 5. The minimum Gasteiger partial charge on any atom is -0.445 e. The molecule has 5 nitrogen and oxygen atoms in total. The molecule has 1 aromatic carbocycles. The first-order valence-corrected chi connectivity index (χ1v) is 8.49. The predicted molar refractivity (Wildman–Crippen MR) is 100 cm³/mol. The molecule has 6 heteroatoms. The van der Waals surface area contributed by atoms with E-state index in [0.29, 0.717) is 16.9 Å². The molecule has 26 heavy (non-hydrogen) atoms. The Morgan fingerprint density at radius 3 is 2.62 bits per heavy atom. The van der Waals surface area contributed by atoms with Crippen LogP contribution in [-0.4, -0.2) is 10.8 Å². The van der Waals surface area contributed by atoms with E-state index in [1.165, 1.54) is 6.92 Å². The molecule has 2 heterocycles. The molecular weight excluding hydrogens is 350 g/mol. The van der Waals surface area contributed by atoms with E-state index in [1.807, 2.05) is 32.0 Å². The summed E-state index contributed by atoms with van der Waals surface area (Å²) in [6, 6.07) is 7.95. The highest BCUT2D eigenvalue weighted by Crippen LogP contribution is 2.42. The lowest BCUT2D eigenvalue weighted by molar-refractivity contribution is -0.114. The number of aryl methyl sites for hydroxylation is 2. The number of Topliss-reactive ketones (excluding diaryl/α,β-unsaturated/α-hetero) is 1. The summed E-state index contributed by atoms with van der Waals surface area (Å²) in [7, 11) is 0. The lowest BCUT2D eigenvalue weighted by Gasteiger charge is -2.27. The van der Waals surface area contributed by atoms with Gasteiger partial charge in [-0.15, -0.1) is 0 Å². The maximum absolute atomic E-state index is 12.3. The van der Waals surface area contributed by atoms with Crippen LogP contribution in [0.2, 0.25) is 5.15 Å². The van der Waals surface area contributed by atoms with Gasteiger partial charge in [-0.2, -0.15) is 5.26 Å². The number of ether oxygens (including phenoxy) is 1. The van der Waals surface area contributed by atoms with Crippen LogP contribution in [0.15, 0.2) is 41.0 Å². The number of carbonyl (C=O) groups is 1. The zero-order valence-corrected chi connectivity index (χ0v) is 15.7. The quantitative estimate of drug-likeness (QED) is 0.804. The maximum Gasteiger partial charge on any atom is 0.205 e. The molecule has 0 fully saturated rings. The van der Waals surface area contributed by atoms with Crippen molar-refractivity contribution in [3.05, 3.63) is 62.8 Å². The third-order valence-corrected chi connectivity index (χ3v) is 4.86. The smallest absolute Gasteiger partial charge is 0.205 e. The van der Waals surface area contributed by atoms with Gasteiger partial charge in [0.15, 0.2) is 5.78 Å². The molecule has 0 spiro atoms. The normalized spacial score (nSPS) is 17.3. The first-order chi connectivity index (χ1) is 12.2. The van der Waals surface area contributed by atoms with E-state index in [1.54, 1.807) is 6.92 Å². The number of nitrogens with two attached hydrogens (primary N) is 1. The lowest BCUT2D eigenvalue weighted by Crippen LogP contribution is -2.23. The molecule has 2 aromatic rings. The summed E-state index contributed by atoms with van der Waals surface area (Å²) in [5.41, 5.74) is 9.89. The van der Waals surface area contributed by atoms with Gasteiger partial charge in [-0.05, 0) is 51.0 Å². The van der Waals surface area contributed by atoms with Crippen LogP contribution in [0.4, 0.5) is 0 Å². The number of fused-ring (bicyclic) bond motifs is 1. The fourth-order valence-corrected chi connectivity index (χ4v) is 3.73. The summed E-state index contributed by atoms with van der Waals surface area (Å²) < 4.78 is 5.41. The largest absolute Gasteiger partial charge is 0.445 e. The molecule has 0 aliphatic carbocycles. The van der Waals surface area contributed by atoms with Crippen molar-refractivity contribution in [1.29, 1.82) is 5.26 Å². The zero-order chi connectivity index (χ0) is 19.2. The number of carbonyl (C=O) groups excluding carboxylic acids is 1. The summed E-state index contributed by atoms with van der Waals surface area (Å²) >= 11 is 6.47. The van der Waals surface area contributed by atoms with Gasteiger partial charge in [-0.1, -0.05) is 17.7 Å². The first-order valence-electron chi connectivity index (χ1n) is 8.11. The Balaban J connectivity index is 2.35. The van der Waals surface area contributed by atoms with Gasteiger partial charge >= 0.3 is 0 Å². The summed E-state index contributed by atoms with van der Waals surface area (Å²) in [6.07, 6.45) is 0. The summed E-state index contributed by atoms with van der Waals surface area (Å²) in [6.45, 7) is 7.07. The van der Waals surface area contributed by atoms with Crippen molar-refractivity contribution in [1.82, 2.24) is 4.98 Å². The molecule has 0 saturated carbocycles. The molecule has 132 valence electrons. The summed E-state index contributed by atoms with van der Waals surface area (Å²) in [5, 5.41) is 10.8. The molecule has 3 rings (SSSR count). The highest BCUT2D eigenvalue weighted by atomic mass is 35.5. The molecule has 2 N–H and O–H groups in total. The second-order valence-electron chi connectivity index (χ2n) is 6.47. The molecule has 1 aromatic heterocycles. The average molecular weight is 368 g/mol. The van der Waals surface area contributed by atoms with Gasteiger partial charge < -0.3 is 10.5 Å². The average Bonchev–Trinajstić information content (AvgIpc) is 2.53. The second kappa shape index (κ2) is 6.47. The number of hydrogen-bond donors (Lipinski definition) is 1. The van der Waals surface area contributed by atoms with Crippen LogP contribution in [-0.2, 0) is 9.53 Å². The molecule has 0 radical (unpaired) electrons. The number of nitriles is 1. The van der Waals surface area contributed by atoms with Crippen molar-refractivity contribution >= 4 is 28.3 Å². The third kappa shape index (κ3) is 2.83. The molecule has 1 aliphatic rings. The van der Waals surface area contributed by atoms with Gasteiger partial charge in [0.2, 0.25) is 5.88 Å². The van der Waals surface area contributed by atoms with E-state index in [0.717, 1.165) is 22.0 Å². The predicted octanol–water partition coefficient (Wildman–Crippen LogP) is 4.18. The maximum atomic E-state index is 12.3. The summed E-state index contributed by atoms with van der Waals surface area (Å²) in [4.78, 5) is 16.8. The number of ketones is 1. The van der Waals surface area contributed by atoms with Crippen molar-refractivity contribution in [3.63, 3.8) is 0 Å². The van der Waals surface area contributed by atoms with E-state index in [4.69, 9.17) is 22.1 Å². The van der Waals surface area contributed by atoms with E-state index >= 15 is 0 Å². The Kier molecular flexibility index (Phi) is 4.47. The molecule has 1 atom stereocenters. The van der Waals surface area contributed by atoms with Gasteiger partial charge in [-0.3, -0.25) is 4.79 Å². The van der Waals surface area contributed by atoms with Crippen LogP contribution in [0.5, 0.6) is 0 Å². The Bertz CT molecular complexity index is 1060. The zero-order valence-electron chi connectivity index (χ0n) is 15.0. The Labute approximate surface area is 156 Å². The monoisotopic (exact) mass is 367 g/mol. The van der Waals surface area contributed by atoms with Crippen molar-refractivity contribution < 1.29 is 9.53 Å². The minimum atomic E-state index is -0.698. The van der Waals surface area contributed by atoms with Crippen LogP contribution in [0.25, 0.3) is 10.9 Å².